The van der Waals surface area contributed by atoms with Gasteiger partial charge in [0.2, 0.25) is 11.8 Å². The average Bonchev–Trinajstić information content (AvgIpc) is 2.44. The molecule has 0 spiro atoms. The largest absolute Gasteiger partial charge is 0.386 e. The molecule has 1 N–H and O–H groups in total. The van der Waals surface area contributed by atoms with Crippen LogP contribution in [0.5, 0.6) is 0 Å². The Morgan fingerprint density at radius 3 is 2.64 bits per heavy atom. The lowest BCUT2D eigenvalue weighted by molar-refractivity contribution is -0.154. The van der Waals surface area contributed by atoms with E-state index in [9.17, 15) is 14.7 Å². The Balaban J connectivity index is 1.79. The number of β-amino-alcohol motifs (C(OH)–C–C–N with tert-alkyl or cyclic N) is 1. The van der Waals surface area contributed by atoms with Crippen LogP contribution < -0.4 is 0 Å². The van der Waals surface area contributed by atoms with Crippen LogP contribution in [-0.2, 0) is 16.0 Å². The fourth-order valence-electron chi connectivity index (χ4n) is 3.50. The Kier molecular flexibility index (Phi) is 3.68. The lowest BCUT2D eigenvalue weighted by Crippen LogP contribution is -2.62. The molecule has 2 aliphatic heterocycles. The van der Waals surface area contributed by atoms with E-state index in [2.05, 4.69) is 6.07 Å². The zero-order valence-corrected chi connectivity index (χ0v) is 13.1. The minimum absolute atomic E-state index is 0.000483. The lowest BCUT2D eigenvalue weighted by Gasteiger charge is -2.45. The molecule has 5 nitrogen and oxygen atoms in total. The van der Waals surface area contributed by atoms with Gasteiger partial charge in [0.05, 0.1) is 31.2 Å². The fourth-order valence-corrected chi connectivity index (χ4v) is 3.50. The van der Waals surface area contributed by atoms with Crippen molar-refractivity contribution < 1.29 is 14.7 Å². The molecule has 1 unspecified atom stereocenters. The van der Waals surface area contributed by atoms with E-state index in [4.69, 9.17) is 0 Å². The smallest absolute Gasteiger partial charge is 0.225 e. The van der Waals surface area contributed by atoms with Crippen molar-refractivity contribution in [2.75, 3.05) is 19.6 Å². The van der Waals surface area contributed by atoms with Gasteiger partial charge in [0, 0.05) is 13.5 Å². The first-order valence-corrected chi connectivity index (χ1v) is 7.72. The Morgan fingerprint density at radius 1 is 1.32 bits per heavy atom. The van der Waals surface area contributed by atoms with Crippen LogP contribution in [0.25, 0.3) is 0 Å². The number of benzene rings is 1. The van der Waals surface area contributed by atoms with Crippen LogP contribution in [-0.4, -0.2) is 52.0 Å². The van der Waals surface area contributed by atoms with Gasteiger partial charge in [-0.2, -0.15) is 0 Å². The summed E-state index contributed by atoms with van der Waals surface area (Å²) >= 11 is 0. The minimum atomic E-state index is -0.763. The maximum atomic E-state index is 12.4. The van der Waals surface area contributed by atoms with E-state index < -0.39 is 5.60 Å². The van der Waals surface area contributed by atoms with Crippen LogP contribution in [0.3, 0.4) is 0 Å². The highest BCUT2D eigenvalue weighted by atomic mass is 16.3. The number of hydrogen-bond acceptors (Lipinski definition) is 3. The van der Waals surface area contributed by atoms with Crippen molar-refractivity contribution in [1.82, 2.24) is 9.80 Å². The molecule has 0 saturated carbocycles. The summed E-state index contributed by atoms with van der Waals surface area (Å²) in [5.41, 5.74) is 1.53. The second-order valence-corrected chi connectivity index (χ2v) is 6.63. The molecule has 1 aromatic carbocycles. The van der Waals surface area contributed by atoms with E-state index in [0.717, 1.165) is 12.0 Å². The first-order chi connectivity index (χ1) is 10.4. The van der Waals surface area contributed by atoms with Crippen LogP contribution in [0.4, 0.5) is 0 Å². The number of nitrogens with zero attached hydrogens (tertiary/aromatic N) is 2. The lowest BCUT2D eigenvalue weighted by atomic mass is 9.89. The van der Waals surface area contributed by atoms with Gasteiger partial charge >= 0.3 is 0 Å². The highest BCUT2D eigenvalue weighted by molar-refractivity contribution is 5.80. The summed E-state index contributed by atoms with van der Waals surface area (Å²) in [6.07, 6.45) is 1.12. The van der Waals surface area contributed by atoms with Crippen molar-refractivity contribution in [2.24, 2.45) is 0 Å². The zero-order chi connectivity index (χ0) is 15.9. The summed E-state index contributed by atoms with van der Waals surface area (Å²) in [6, 6.07) is 7.83. The molecular weight excluding hydrogens is 280 g/mol. The SMILES string of the molecule is CC(=O)N1CCc2ccccc2C1CC(=O)N1CC(C)(O)C1. The molecule has 1 saturated heterocycles. The number of amides is 2. The van der Waals surface area contributed by atoms with Crippen LogP contribution >= 0.6 is 0 Å². The van der Waals surface area contributed by atoms with Crippen molar-refractivity contribution in [3.63, 3.8) is 0 Å². The van der Waals surface area contributed by atoms with Crippen LogP contribution in [0.1, 0.15) is 37.4 Å². The number of likely N-dealkylation sites (tertiary alicyclic amines) is 1. The standard InChI is InChI=1S/C17H22N2O3/c1-12(20)19-8-7-13-5-3-4-6-14(13)15(19)9-16(21)18-10-17(2,22)11-18/h3-6,15,22H,7-11H2,1-2H3. The predicted molar refractivity (Wildman–Crippen MR) is 82.1 cm³/mol. The van der Waals surface area contributed by atoms with Gasteiger partial charge in [-0.15, -0.1) is 0 Å². The van der Waals surface area contributed by atoms with Crippen LogP contribution in [0, 0.1) is 0 Å². The number of fused-ring (bicyclic) bond motifs is 1. The molecule has 2 aliphatic rings. The molecule has 2 heterocycles. The van der Waals surface area contributed by atoms with Gasteiger partial charge in [-0.05, 0) is 24.5 Å². The third-order valence-electron chi connectivity index (χ3n) is 4.60. The maximum absolute atomic E-state index is 12.4. The number of carbonyl (C=O) groups is 2. The molecule has 0 aromatic heterocycles. The van der Waals surface area contributed by atoms with Gasteiger partial charge in [-0.25, -0.2) is 0 Å². The number of rotatable bonds is 2. The van der Waals surface area contributed by atoms with Gasteiger partial charge in [-0.1, -0.05) is 24.3 Å². The molecule has 3 rings (SSSR count). The summed E-state index contributed by atoms with van der Waals surface area (Å²) in [6.45, 7) is 4.69. The molecular formula is C17H22N2O3. The molecule has 0 bridgehead atoms. The summed E-state index contributed by atoms with van der Waals surface area (Å²) < 4.78 is 0. The molecule has 2 amide bonds. The van der Waals surface area contributed by atoms with Crippen molar-refractivity contribution in [3.8, 4) is 0 Å². The highest BCUT2D eigenvalue weighted by Gasteiger charge is 2.41. The molecule has 1 atom stereocenters. The third-order valence-corrected chi connectivity index (χ3v) is 4.60. The molecule has 0 radical (unpaired) electrons. The first-order valence-electron chi connectivity index (χ1n) is 7.72. The Bertz CT molecular complexity index is 604. The van der Waals surface area contributed by atoms with E-state index in [0.29, 0.717) is 19.6 Å². The number of carbonyl (C=O) groups excluding carboxylic acids is 2. The highest BCUT2D eigenvalue weighted by Crippen LogP contribution is 2.33. The summed E-state index contributed by atoms with van der Waals surface area (Å²) in [7, 11) is 0. The van der Waals surface area contributed by atoms with E-state index in [1.54, 1.807) is 23.6 Å². The van der Waals surface area contributed by atoms with Crippen molar-refractivity contribution in [3.05, 3.63) is 35.4 Å². The van der Waals surface area contributed by atoms with Gasteiger partial charge < -0.3 is 14.9 Å². The molecule has 118 valence electrons. The second-order valence-electron chi connectivity index (χ2n) is 6.63. The van der Waals surface area contributed by atoms with E-state index >= 15 is 0 Å². The van der Waals surface area contributed by atoms with E-state index in [1.165, 1.54) is 5.56 Å². The van der Waals surface area contributed by atoms with E-state index in [1.807, 2.05) is 18.2 Å². The average molecular weight is 302 g/mol. The predicted octanol–water partition coefficient (Wildman–Crippen LogP) is 1.12. The molecule has 5 heteroatoms. The fraction of sp³-hybridized carbons (Fsp3) is 0.529. The van der Waals surface area contributed by atoms with E-state index in [-0.39, 0.29) is 24.3 Å². The Morgan fingerprint density at radius 2 is 2.00 bits per heavy atom. The van der Waals surface area contributed by atoms with Crippen molar-refractivity contribution in [2.45, 2.75) is 38.3 Å². The summed E-state index contributed by atoms with van der Waals surface area (Å²) in [4.78, 5) is 27.8. The summed E-state index contributed by atoms with van der Waals surface area (Å²) in [5, 5.41) is 9.78. The quantitative estimate of drug-likeness (QED) is 0.890. The van der Waals surface area contributed by atoms with Crippen molar-refractivity contribution in [1.29, 1.82) is 0 Å². The van der Waals surface area contributed by atoms with Crippen LogP contribution in [0.2, 0.25) is 0 Å². The Hall–Kier alpha value is -1.88. The number of hydrogen-bond donors (Lipinski definition) is 1. The monoisotopic (exact) mass is 302 g/mol. The topological polar surface area (TPSA) is 60.9 Å². The minimum Gasteiger partial charge on any atom is -0.386 e. The third kappa shape index (κ3) is 2.73. The van der Waals surface area contributed by atoms with Crippen molar-refractivity contribution >= 4 is 11.8 Å². The Labute approximate surface area is 130 Å². The van der Waals surface area contributed by atoms with Gasteiger partial charge in [-0.3, -0.25) is 9.59 Å². The molecule has 0 aliphatic carbocycles. The normalized spacial score (nSPS) is 22.8. The molecule has 22 heavy (non-hydrogen) atoms. The van der Waals surface area contributed by atoms with Crippen LogP contribution in [0.15, 0.2) is 24.3 Å². The summed E-state index contributed by atoms with van der Waals surface area (Å²) in [5.74, 6) is 0.00221. The zero-order valence-electron chi connectivity index (χ0n) is 13.1. The van der Waals surface area contributed by atoms with Gasteiger partial charge in [0.1, 0.15) is 0 Å². The first kappa shape index (κ1) is 15.0. The van der Waals surface area contributed by atoms with Gasteiger partial charge in [0.25, 0.3) is 0 Å². The van der Waals surface area contributed by atoms with Gasteiger partial charge in [0.15, 0.2) is 0 Å². The molecule has 1 fully saturated rings. The maximum Gasteiger partial charge on any atom is 0.225 e. The number of aliphatic hydroxyl groups is 1. The second kappa shape index (κ2) is 5.39. The molecule has 1 aromatic rings.